The van der Waals surface area contributed by atoms with Crippen LogP contribution in [-0.4, -0.2) is 41.2 Å². The van der Waals surface area contributed by atoms with Crippen molar-refractivity contribution in [2.24, 2.45) is 5.92 Å². The minimum atomic E-state index is -0.447. The molecule has 0 aromatic heterocycles. The molecule has 0 saturated carbocycles. The van der Waals surface area contributed by atoms with E-state index in [4.69, 9.17) is 4.74 Å². The van der Waals surface area contributed by atoms with Gasteiger partial charge in [-0.1, -0.05) is 37.3 Å². The third-order valence-electron chi connectivity index (χ3n) is 3.86. The van der Waals surface area contributed by atoms with E-state index in [9.17, 15) is 9.90 Å². The second-order valence-corrected chi connectivity index (χ2v) is 5.56. The standard InChI is InChI=1S/C16H23NO3/c1-12-10-17(9-8-15(12)18)16(19)13(2)20-11-14-6-4-3-5-7-14/h3-7,12-13,15,18H,8-11H2,1-2H3. The highest BCUT2D eigenvalue weighted by molar-refractivity contribution is 5.80. The first-order valence-corrected chi connectivity index (χ1v) is 7.20. The minimum Gasteiger partial charge on any atom is -0.393 e. The number of nitrogens with zero attached hydrogens (tertiary/aromatic N) is 1. The molecule has 1 heterocycles. The monoisotopic (exact) mass is 277 g/mol. The molecule has 1 N–H and O–H groups in total. The van der Waals surface area contributed by atoms with Crippen molar-refractivity contribution in [3.05, 3.63) is 35.9 Å². The molecule has 1 saturated heterocycles. The van der Waals surface area contributed by atoms with Gasteiger partial charge in [-0.2, -0.15) is 0 Å². The van der Waals surface area contributed by atoms with Gasteiger partial charge in [0.2, 0.25) is 0 Å². The molecule has 0 spiro atoms. The topological polar surface area (TPSA) is 49.8 Å². The first-order valence-electron chi connectivity index (χ1n) is 7.20. The van der Waals surface area contributed by atoms with Crippen LogP contribution in [0.25, 0.3) is 0 Å². The molecular formula is C16H23NO3. The van der Waals surface area contributed by atoms with E-state index in [2.05, 4.69) is 0 Å². The summed E-state index contributed by atoms with van der Waals surface area (Å²) in [5.74, 6) is 0.147. The van der Waals surface area contributed by atoms with Crippen LogP contribution in [0.2, 0.25) is 0 Å². The molecule has 1 aliphatic rings. The number of piperidine rings is 1. The van der Waals surface area contributed by atoms with Gasteiger partial charge in [-0.3, -0.25) is 4.79 Å². The smallest absolute Gasteiger partial charge is 0.251 e. The Labute approximate surface area is 120 Å². The molecule has 0 bridgehead atoms. The summed E-state index contributed by atoms with van der Waals surface area (Å²) >= 11 is 0. The molecule has 1 amide bonds. The number of carbonyl (C=O) groups is 1. The van der Waals surface area contributed by atoms with Crippen LogP contribution in [0, 0.1) is 5.92 Å². The summed E-state index contributed by atoms with van der Waals surface area (Å²) < 4.78 is 5.65. The summed E-state index contributed by atoms with van der Waals surface area (Å²) in [5, 5.41) is 9.70. The predicted octanol–water partition coefficient (Wildman–Crippen LogP) is 1.82. The Morgan fingerprint density at radius 3 is 2.80 bits per heavy atom. The average Bonchev–Trinajstić information content (AvgIpc) is 2.48. The van der Waals surface area contributed by atoms with Crippen molar-refractivity contribution in [2.75, 3.05) is 13.1 Å². The van der Waals surface area contributed by atoms with E-state index >= 15 is 0 Å². The average molecular weight is 277 g/mol. The third kappa shape index (κ3) is 3.81. The maximum atomic E-state index is 12.3. The van der Waals surface area contributed by atoms with Crippen molar-refractivity contribution in [1.82, 2.24) is 4.90 Å². The molecule has 1 aromatic carbocycles. The largest absolute Gasteiger partial charge is 0.393 e. The lowest BCUT2D eigenvalue weighted by atomic mass is 9.96. The zero-order chi connectivity index (χ0) is 14.5. The van der Waals surface area contributed by atoms with Crippen LogP contribution in [0.4, 0.5) is 0 Å². The Hall–Kier alpha value is -1.39. The van der Waals surface area contributed by atoms with Crippen LogP contribution in [0.5, 0.6) is 0 Å². The van der Waals surface area contributed by atoms with E-state index in [1.165, 1.54) is 0 Å². The quantitative estimate of drug-likeness (QED) is 0.913. The molecule has 2 rings (SSSR count). The number of hydrogen-bond donors (Lipinski definition) is 1. The van der Waals surface area contributed by atoms with Crippen LogP contribution in [0.15, 0.2) is 30.3 Å². The van der Waals surface area contributed by atoms with Crippen LogP contribution in [0.1, 0.15) is 25.8 Å². The summed E-state index contributed by atoms with van der Waals surface area (Å²) in [6.07, 6.45) is -0.0876. The molecule has 0 aliphatic carbocycles. The minimum absolute atomic E-state index is 0.0136. The number of amides is 1. The number of aliphatic hydroxyl groups excluding tert-OH is 1. The Kier molecular flexibility index (Phi) is 5.15. The number of hydrogen-bond acceptors (Lipinski definition) is 3. The lowest BCUT2D eigenvalue weighted by Gasteiger charge is -2.35. The fourth-order valence-electron chi connectivity index (χ4n) is 2.46. The van der Waals surface area contributed by atoms with E-state index in [1.54, 1.807) is 11.8 Å². The van der Waals surface area contributed by atoms with Crippen molar-refractivity contribution >= 4 is 5.91 Å². The Morgan fingerprint density at radius 2 is 2.15 bits per heavy atom. The number of likely N-dealkylation sites (tertiary alicyclic amines) is 1. The van der Waals surface area contributed by atoms with Crippen molar-refractivity contribution in [1.29, 1.82) is 0 Å². The zero-order valence-electron chi connectivity index (χ0n) is 12.2. The maximum Gasteiger partial charge on any atom is 0.251 e. The van der Waals surface area contributed by atoms with Crippen LogP contribution in [0.3, 0.4) is 0 Å². The SMILES string of the molecule is CC(OCc1ccccc1)C(=O)N1CCC(O)C(C)C1. The molecule has 0 radical (unpaired) electrons. The fourth-order valence-corrected chi connectivity index (χ4v) is 2.46. The lowest BCUT2D eigenvalue weighted by Crippen LogP contribution is -2.48. The number of aliphatic hydroxyl groups is 1. The highest BCUT2D eigenvalue weighted by Crippen LogP contribution is 2.18. The van der Waals surface area contributed by atoms with Gasteiger partial charge in [0.15, 0.2) is 0 Å². The maximum absolute atomic E-state index is 12.3. The number of carbonyl (C=O) groups excluding carboxylic acids is 1. The van der Waals surface area contributed by atoms with Gasteiger partial charge in [-0.25, -0.2) is 0 Å². The Balaban J connectivity index is 1.83. The summed E-state index contributed by atoms with van der Waals surface area (Å²) in [7, 11) is 0. The van der Waals surface area contributed by atoms with Crippen molar-refractivity contribution in [3.63, 3.8) is 0 Å². The van der Waals surface area contributed by atoms with E-state index < -0.39 is 6.10 Å². The Bertz CT molecular complexity index is 435. The molecule has 110 valence electrons. The summed E-state index contributed by atoms with van der Waals surface area (Å²) in [5.41, 5.74) is 1.06. The van der Waals surface area contributed by atoms with Crippen LogP contribution < -0.4 is 0 Å². The molecule has 1 aromatic rings. The molecule has 1 fully saturated rings. The van der Waals surface area contributed by atoms with E-state index in [0.717, 1.165) is 5.56 Å². The van der Waals surface area contributed by atoms with E-state index in [1.807, 2.05) is 37.3 Å². The first kappa shape index (κ1) is 15.0. The molecule has 4 nitrogen and oxygen atoms in total. The van der Waals surface area contributed by atoms with Gasteiger partial charge in [0, 0.05) is 13.1 Å². The molecular weight excluding hydrogens is 254 g/mol. The van der Waals surface area contributed by atoms with Gasteiger partial charge in [0.05, 0.1) is 12.7 Å². The number of benzene rings is 1. The zero-order valence-corrected chi connectivity index (χ0v) is 12.2. The highest BCUT2D eigenvalue weighted by Gasteiger charge is 2.29. The number of ether oxygens (including phenoxy) is 1. The van der Waals surface area contributed by atoms with Crippen molar-refractivity contribution in [3.8, 4) is 0 Å². The molecule has 20 heavy (non-hydrogen) atoms. The normalized spacial score (nSPS) is 24.4. The van der Waals surface area contributed by atoms with E-state index in [0.29, 0.717) is 26.1 Å². The van der Waals surface area contributed by atoms with Crippen molar-refractivity contribution in [2.45, 2.75) is 39.1 Å². The molecule has 1 aliphatic heterocycles. The lowest BCUT2D eigenvalue weighted by molar-refractivity contribution is -0.146. The van der Waals surface area contributed by atoms with Gasteiger partial charge in [0.1, 0.15) is 6.10 Å². The first-order chi connectivity index (χ1) is 9.58. The van der Waals surface area contributed by atoms with Gasteiger partial charge in [-0.15, -0.1) is 0 Å². The summed E-state index contributed by atoms with van der Waals surface area (Å²) in [6, 6.07) is 9.84. The van der Waals surface area contributed by atoms with Gasteiger partial charge < -0.3 is 14.7 Å². The Morgan fingerprint density at radius 1 is 1.45 bits per heavy atom. The summed E-state index contributed by atoms with van der Waals surface area (Å²) in [4.78, 5) is 14.1. The van der Waals surface area contributed by atoms with E-state index in [-0.39, 0.29) is 17.9 Å². The summed E-state index contributed by atoms with van der Waals surface area (Å²) in [6.45, 7) is 5.43. The molecule has 4 heteroatoms. The third-order valence-corrected chi connectivity index (χ3v) is 3.86. The van der Waals surface area contributed by atoms with Crippen molar-refractivity contribution < 1.29 is 14.6 Å². The van der Waals surface area contributed by atoms with Crippen LogP contribution in [-0.2, 0) is 16.1 Å². The van der Waals surface area contributed by atoms with Gasteiger partial charge in [-0.05, 0) is 24.8 Å². The molecule has 3 atom stereocenters. The second-order valence-electron chi connectivity index (χ2n) is 5.56. The predicted molar refractivity (Wildman–Crippen MR) is 77.1 cm³/mol. The van der Waals surface area contributed by atoms with Gasteiger partial charge in [0.25, 0.3) is 5.91 Å². The fraction of sp³-hybridized carbons (Fsp3) is 0.562. The van der Waals surface area contributed by atoms with Crippen LogP contribution >= 0.6 is 0 Å². The molecule has 3 unspecified atom stereocenters. The number of rotatable bonds is 4. The second kappa shape index (κ2) is 6.86. The highest BCUT2D eigenvalue weighted by atomic mass is 16.5. The van der Waals surface area contributed by atoms with Gasteiger partial charge >= 0.3 is 0 Å².